The number of alkyl halides is 3. The van der Waals surface area contributed by atoms with E-state index in [1.165, 1.54) is 0 Å². The standard InChI is InChI=1S/C16H14F3NO/c17-16(18,19)14-6-7-20-9-13(14)15(21)12-8-11(12)10-4-2-1-3-5-10/h1-7,9,11-12,15,21H,8H2. The molecule has 1 N–H and O–H groups in total. The van der Waals surface area contributed by atoms with Crippen LogP contribution in [0.15, 0.2) is 48.8 Å². The zero-order valence-electron chi connectivity index (χ0n) is 11.1. The number of rotatable bonds is 3. The van der Waals surface area contributed by atoms with Crippen molar-refractivity contribution in [1.29, 1.82) is 0 Å². The minimum atomic E-state index is -4.48. The van der Waals surface area contributed by atoms with Crippen molar-refractivity contribution < 1.29 is 18.3 Å². The van der Waals surface area contributed by atoms with Crippen molar-refractivity contribution in [1.82, 2.24) is 4.98 Å². The first-order valence-corrected chi connectivity index (χ1v) is 6.72. The van der Waals surface area contributed by atoms with Crippen LogP contribution in [-0.4, -0.2) is 10.1 Å². The number of hydrogen-bond acceptors (Lipinski definition) is 2. The molecule has 1 saturated carbocycles. The van der Waals surface area contributed by atoms with Crippen LogP contribution in [0.1, 0.15) is 35.1 Å². The molecule has 1 aliphatic rings. The second kappa shape index (κ2) is 5.15. The Balaban J connectivity index is 1.84. The molecule has 5 heteroatoms. The average molecular weight is 293 g/mol. The highest BCUT2D eigenvalue weighted by molar-refractivity contribution is 5.33. The predicted molar refractivity (Wildman–Crippen MR) is 71.5 cm³/mol. The van der Waals surface area contributed by atoms with Gasteiger partial charge in [0.05, 0.1) is 11.7 Å². The average Bonchev–Trinajstić information content (AvgIpc) is 3.27. The second-order valence-corrected chi connectivity index (χ2v) is 5.32. The van der Waals surface area contributed by atoms with Crippen molar-refractivity contribution in [2.75, 3.05) is 0 Å². The minimum absolute atomic E-state index is 0.113. The topological polar surface area (TPSA) is 33.1 Å². The molecule has 0 radical (unpaired) electrons. The lowest BCUT2D eigenvalue weighted by molar-refractivity contribution is -0.139. The first-order chi connectivity index (χ1) is 9.98. The summed E-state index contributed by atoms with van der Waals surface area (Å²) in [6.07, 6.45) is -2.71. The first kappa shape index (κ1) is 14.1. The molecule has 3 rings (SSSR count). The maximum Gasteiger partial charge on any atom is 0.416 e. The fourth-order valence-corrected chi connectivity index (χ4v) is 2.78. The van der Waals surface area contributed by atoms with Crippen molar-refractivity contribution in [3.63, 3.8) is 0 Å². The molecule has 1 aromatic heterocycles. The molecule has 2 aromatic rings. The summed E-state index contributed by atoms with van der Waals surface area (Å²) in [5, 5.41) is 10.3. The Kier molecular flexibility index (Phi) is 3.45. The van der Waals surface area contributed by atoms with Crippen LogP contribution in [0, 0.1) is 5.92 Å². The molecule has 110 valence electrons. The van der Waals surface area contributed by atoms with Crippen LogP contribution in [0.2, 0.25) is 0 Å². The molecule has 1 fully saturated rings. The van der Waals surface area contributed by atoms with E-state index in [-0.39, 0.29) is 17.4 Å². The summed E-state index contributed by atoms with van der Waals surface area (Å²) in [6, 6.07) is 10.5. The lowest BCUT2D eigenvalue weighted by atomic mass is 9.98. The fourth-order valence-electron chi connectivity index (χ4n) is 2.78. The van der Waals surface area contributed by atoms with Gasteiger partial charge in [0.1, 0.15) is 0 Å². The van der Waals surface area contributed by atoms with E-state index in [1.54, 1.807) is 0 Å². The number of aliphatic hydroxyl groups excluding tert-OH is 1. The Hall–Kier alpha value is -1.88. The summed E-state index contributed by atoms with van der Waals surface area (Å²) in [5.74, 6) is -0.0693. The molecular weight excluding hydrogens is 279 g/mol. The SMILES string of the molecule is OC(c1cnccc1C(F)(F)F)C1CC1c1ccccc1. The molecular formula is C16H14F3NO. The Morgan fingerprint density at radius 2 is 1.86 bits per heavy atom. The molecule has 21 heavy (non-hydrogen) atoms. The van der Waals surface area contributed by atoms with Gasteiger partial charge in [0.2, 0.25) is 0 Å². The Bertz CT molecular complexity index is 627. The van der Waals surface area contributed by atoms with Gasteiger partial charge in [-0.05, 0) is 29.9 Å². The highest BCUT2D eigenvalue weighted by Crippen LogP contribution is 2.55. The van der Waals surface area contributed by atoms with Gasteiger partial charge < -0.3 is 5.11 Å². The third-order valence-corrected chi connectivity index (χ3v) is 3.95. The van der Waals surface area contributed by atoms with Gasteiger partial charge in [-0.1, -0.05) is 30.3 Å². The van der Waals surface area contributed by atoms with Crippen LogP contribution in [0.3, 0.4) is 0 Å². The maximum atomic E-state index is 13.0. The maximum absolute atomic E-state index is 13.0. The van der Waals surface area contributed by atoms with Gasteiger partial charge in [-0.3, -0.25) is 4.98 Å². The van der Waals surface area contributed by atoms with Crippen LogP contribution in [0.5, 0.6) is 0 Å². The number of pyridine rings is 1. The number of aliphatic hydroxyl groups is 1. The molecule has 0 amide bonds. The normalized spacial score (nSPS) is 22.9. The number of halogens is 3. The first-order valence-electron chi connectivity index (χ1n) is 6.72. The van der Waals surface area contributed by atoms with E-state index in [0.29, 0.717) is 6.42 Å². The third-order valence-electron chi connectivity index (χ3n) is 3.95. The van der Waals surface area contributed by atoms with Crippen LogP contribution in [-0.2, 0) is 6.18 Å². The molecule has 3 unspecified atom stereocenters. The molecule has 0 saturated heterocycles. The van der Waals surface area contributed by atoms with Gasteiger partial charge in [-0.15, -0.1) is 0 Å². The van der Waals surface area contributed by atoms with E-state index in [2.05, 4.69) is 4.98 Å². The Morgan fingerprint density at radius 1 is 1.14 bits per heavy atom. The van der Waals surface area contributed by atoms with E-state index >= 15 is 0 Å². The summed E-state index contributed by atoms with van der Waals surface area (Å²) in [5.41, 5.74) is 0.121. The van der Waals surface area contributed by atoms with E-state index < -0.39 is 17.8 Å². The van der Waals surface area contributed by atoms with E-state index in [9.17, 15) is 18.3 Å². The highest BCUT2D eigenvalue weighted by Gasteiger charge is 2.46. The van der Waals surface area contributed by atoms with Crippen molar-refractivity contribution in [3.8, 4) is 0 Å². The molecule has 1 aromatic carbocycles. The van der Waals surface area contributed by atoms with Crippen molar-refractivity contribution >= 4 is 0 Å². The minimum Gasteiger partial charge on any atom is -0.388 e. The quantitative estimate of drug-likeness (QED) is 0.930. The van der Waals surface area contributed by atoms with Gasteiger partial charge in [0.25, 0.3) is 0 Å². The van der Waals surface area contributed by atoms with Crippen LogP contribution in [0.4, 0.5) is 13.2 Å². The zero-order chi connectivity index (χ0) is 15.0. The van der Waals surface area contributed by atoms with Crippen LogP contribution in [0.25, 0.3) is 0 Å². The molecule has 1 heterocycles. The number of nitrogens with zero attached hydrogens (tertiary/aromatic N) is 1. The largest absolute Gasteiger partial charge is 0.416 e. The van der Waals surface area contributed by atoms with Gasteiger partial charge >= 0.3 is 6.18 Å². The monoisotopic (exact) mass is 293 g/mol. The molecule has 3 atom stereocenters. The van der Waals surface area contributed by atoms with E-state index in [4.69, 9.17) is 0 Å². The summed E-state index contributed by atoms with van der Waals surface area (Å²) < 4.78 is 38.9. The molecule has 0 aliphatic heterocycles. The third kappa shape index (κ3) is 2.78. The Morgan fingerprint density at radius 3 is 2.52 bits per heavy atom. The zero-order valence-corrected chi connectivity index (χ0v) is 11.1. The number of benzene rings is 1. The summed E-state index contributed by atoms with van der Waals surface area (Å²) >= 11 is 0. The molecule has 2 nitrogen and oxygen atoms in total. The van der Waals surface area contributed by atoms with Crippen molar-refractivity contribution in [3.05, 3.63) is 65.5 Å². The highest BCUT2D eigenvalue weighted by atomic mass is 19.4. The van der Waals surface area contributed by atoms with Gasteiger partial charge in [-0.2, -0.15) is 13.2 Å². The van der Waals surface area contributed by atoms with Gasteiger partial charge in [0.15, 0.2) is 0 Å². The van der Waals surface area contributed by atoms with Crippen molar-refractivity contribution in [2.45, 2.75) is 24.6 Å². The molecule has 1 aliphatic carbocycles. The smallest absolute Gasteiger partial charge is 0.388 e. The summed E-state index contributed by atoms with van der Waals surface area (Å²) in [4.78, 5) is 3.73. The second-order valence-electron chi connectivity index (χ2n) is 5.32. The fraction of sp³-hybridized carbons (Fsp3) is 0.312. The molecule has 0 spiro atoms. The molecule has 0 bridgehead atoms. The van der Waals surface area contributed by atoms with Gasteiger partial charge in [-0.25, -0.2) is 0 Å². The predicted octanol–water partition coefficient (Wildman–Crippen LogP) is 3.94. The van der Waals surface area contributed by atoms with E-state index in [1.807, 2.05) is 30.3 Å². The summed E-state index contributed by atoms with van der Waals surface area (Å²) in [6.45, 7) is 0. The van der Waals surface area contributed by atoms with Crippen molar-refractivity contribution in [2.24, 2.45) is 5.92 Å². The van der Waals surface area contributed by atoms with E-state index in [0.717, 1.165) is 24.0 Å². The van der Waals surface area contributed by atoms with Crippen LogP contribution >= 0.6 is 0 Å². The van der Waals surface area contributed by atoms with Gasteiger partial charge in [0, 0.05) is 18.0 Å². The van der Waals surface area contributed by atoms with Crippen LogP contribution < -0.4 is 0 Å². The number of hydrogen-bond donors (Lipinski definition) is 1. The lowest BCUT2D eigenvalue weighted by Gasteiger charge is -2.17. The Labute approximate surface area is 120 Å². The summed E-state index contributed by atoms with van der Waals surface area (Å²) in [7, 11) is 0. The number of aromatic nitrogens is 1. The lowest BCUT2D eigenvalue weighted by Crippen LogP contribution is -2.13.